The zero-order valence-corrected chi connectivity index (χ0v) is 9.13. The molecule has 1 rings (SSSR count). The van der Waals surface area contributed by atoms with E-state index in [2.05, 4.69) is 6.58 Å². The second kappa shape index (κ2) is 6.80. The molecule has 0 aromatic heterocycles. The summed E-state index contributed by atoms with van der Waals surface area (Å²) < 4.78 is 5.34. The lowest BCUT2D eigenvalue weighted by Gasteiger charge is -2.13. The Labute approximate surface area is 95.4 Å². The molecule has 0 spiro atoms. The molecule has 1 N–H and O–H groups in total. The molecule has 1 atom stereocenters. The smallest absolute Gasteiger partial charge is 0.337 e. The van der Waals surface area contributed by atoms with Crippen LogP contribution in [0.1, 0.15) is 24.5 Å². The van der Waals surface area contributed by atoms with E-state index in [0.29, 0.717) is 12.2 Å². The topological polar surface area (TPSA) is 46.5 Å². The first kappa shape index (κ1) is 12.5. The zero-order chi connectivity index (χ0) is 11.8. The molecule has 0 aliphatic heterocycles. The molecule has 0 heterocycles. The van der Waals surface area contributed by atoms with Crippen molar-refractivity contribution in [3.63, 3.8) is 0 Å². The van der Waals surface area contributed by atoms with E-state index >= 15 is 0 Å². The van der Waals surface area contributed by atoms with Gasteiger partial charge in [-0.3, -0.25) is 0 Å². The van der Waals surface area contributed by atoms with Crippen molar-refractivity contribution in [2.75, 3.05) is 6.61 Å². The minimum absolute atomic E-state index is 0.428. The number of benzene rings is 1. The second-order valence-electron chi connectivity index (χ2n) is 3.43. The van der Waals surface area contributed by atoms with Gasteiger partial charge in [-0.1, -0.05) is 36.4 Å². The number of rotatable bonds is 7. The van der Waals surface area contributed by atoms with Gasteiger partial charge in [-0.15, -0.1) is 6.58 Å². The monoisotopic (exact) mass is 220 g/mol. The van der Waals surface area contributed by atoms with E-state index in [1.807, 2.05) is 6.07 Å². The Morgan fingerprint density at radius 1 is 1.44 bits per heavy atom. The normalized spacial score (nSPS) is 12.0. The summed E-state index contributed by atoms with van der Waals surface area (Å²) in [7, 11) is 0. The molecule has 0 aliphatic rings. The highest BCUT2D eigenvalue weighted by atomic mass is 16.5. The molecule has 1 aromatic rings. The van der Waals surface area contributed by atoms with Crippen LogP contribution in [0.2, 0.25) is 0 Å². The maximum Gasteiger partial charge on any atom is 0.337 e. The summed E-state index contributed by atoms with van der Waals surface area (Å²) in [5.41, 5.74) is 0.675. The van der Waals surface area contributed by atoms with Crippen LogP contribution in [0.25, 0.3) is 0 Å². The Morgan fingerprint density at radius 3 is 2.69 bits per heavy atom. The van der Waals surface area contributed by atoms with E-state index in [4.69, 9.17) is 9.84 Å². The summed E-state index contributed by atoms with van der Waals surface area (Å²) in [6.07, 6.45) is 2.55. The highest BCUT2D eigenvalue weighted by Crippen LogP contribution is 2.17. The van der Waals surface area contributed by atoms with Crippen LogP contribution in [-0.4, -0.2) is 17.7 Å². The van der Waals surface area contributed by atoms with Gasteiger partial charge in [0.25, 0.3) is 0 Å². The van der Waals surface area contributed by atoms with Crippen molar-refractivity contribution in [3.05, 3.63) is 48.6 Å². The average Bonchev–Trinajstić information content (AvgIpc) is 2.30. The molecule has 3 nitrogen and oxygen atoms in total. The maximum absolute atomic E-state index is 11.0. The van der Waals surface area contributed by atoms with Crippen molar-refractivity contribution in [2.45, 2.75) is 18.9 Å². The molecular weight excluding hydrogens is 204 g/mol. The van der Waals surface area contributed by atoms with Gasteiger partial charge < -0.3 is 9.84 Å². The van der Waals surface area contributed by atoms with Gasteiger partial charge in [-0.05, 0) is 18.4 Å². The molecule has 1 unspecified atom stereocenters. The molecule has 0 saturated carbocycles. The van der Waals surface area contributed by atoms with Crippen molar-refractivity contribution in [1.82, 2.24) is 0 Å². The van der Waals surface area contributed by atoms with Gasteiger partial charge >= 0.3 is 5.97 Å². The number of carbonyl (C=O) groups is 1. The first-order valence-electron chi connectivity index (χ1n) is 5.26. The fourth-order valence-electron chi connectivity index (χ4n) is 1.37. The Kier molecular flexibility index (Phi) is 5.29. The maximum atomic E-state index is 11.0. The third-order valence-corrected chi connectivity index (χ3v) is 2.16. The Balaban J connectivity index is 2.55. The fourth-order valence-corrected chi connectivity index (χ4v) is 1.37. The third-order valence-electron chi connectivity index (χ3n) is 2.16. The number of carboxylic acids is 1. The van der Waals surface area contributed by atoms with Crippen LogP contribution in [0.4, 0.5) is 0 Å². The van der Waals surface area contributed by atoms with Gasteiger partial charge in [0.2, 0.25) is 0 Å². The summed E-state index contributed by atoms with van der Waals surface area (Å²) in [4.78, 5) is 11.0. The number of ether oxygens (including phenoxy) is 1. The molecule has 86 valence electrons. The van der Waals surface area contributed by atoms with Crippen molar-refractivity contribution in [3.8, 4) is 0 Å². The summed E-state index contributed by atoms with van der Waals surface area (Å²) in [5, 5.41) is 9.04. The number of allylic oxidation sites excluding steroid dienone is 1. The molecule has 0 radical (unpaired) electrons. The van der Waals surface area contributed by atoms with Crippen LogP contribution >= 0.6 is 0 Å². The van der Waals surface area contributed by atoms with Crippen LogP contribution in [0.15, 0.2) is 43.0 Å². The van der Waals surface area contributed by atoms with Crippen LogP contribution in [0, 0.1) is 0 Å². The largest absolute Gasteiger partial charge is 0.479 e. The molecule has 0 amide bonds. The molecule has 16 heavy (non-hydrogen) atoms. The molecule has 0 saturated heterocycles. The summed E-state index contributed by atoms with van der Waals surface area (Å²) in [6, 6.07) is 8.97. The zero-order valence-electron chi connectivity index (χ0n) is 9.13. The van der Waals surface area contributed by atoms with Crippen molar-refractivity contribution in [2.24, 2.45) is 0 Å². The minimum Gasteiger partial charge on any atom is -0.479 e. The summed E-state index contributed by atoms with van der Waals surface area (Å²) in [6.45, 7) is 4.03. The molecule has 3 heteroatoms. The van der Waals surface area contributed by atoms with Gasteiger partial charge in [-0.25, -0.2) is 4.79 Å². The van der Waals surface area contributed by atoms with E-state index in [9.17, 15) is 4.79 Å². The molecular formula is C13H16O3. The van der Waals surface area contributed by atoms with Gasteiger partial charge in [0.15, 0.2) is 6.10 Å². The van der Waals surface area contributed by atoms with Crippen LogP contribution in [0.3, 0.4) is 0 Å². The van der Waals surface area contributed by atoms with E-state index in [-0.39, 0.29) is 0 Å². The average molecular weight is 220 g/mol. The van der Waals surface area contributed by atoms with Gasteiger partial charge in [0.1, 0.15) is 0 Å². The molecule has 1 aromatic carbocycles. The number of hydrogen-bond acceptors (Lipinski definition) is 2. The first-order valence-corrected chi connectivity index (χ1v) is 5.26. The highest BCUT2D eigenvalue weighted by molar-refractivity contribution is 5.74. The minimum atomic E-state index is -0.954. The Bertz CT molecular complexity index is 332. The number of hydrogen-bond donors (Lipinski definition) is 1. The van der Waals surface area contributed by atoms with Crippen LogP contribution in [-0.2, 0) is 9.53 Å². The summed E-state index contributed by atoms with van der Waals surface area (Å²) in [5.74, 6) is -0.954. The van der Waals surface area contributed by atoms with E-state index in [0.717, 1.165) is 12.8 Å². The Morgan fingerprint density at radius 2 is 2.12 bits per heavy atom. The summed E-state index contributed by atoms with van der Waals surface area (Å²) >= 11 is 0. The standard InChI is InChI=1S/C13H16O3/c1-2-3-7-10-16-12(13(14)15)11-8-5-4-6-9-11/h2,4-6,8-9,12H,1,3,7,10H2,(H,14,15). The van der Waals surface area contributed by atoms with E-state index in [1.165, 1.54) is 0 Å². The highest BCUT2D eigenvalue weighted by Gasteiger charge is 2.19. The number of aliphatic carboxylic acids is 1. The SMILES string of the molecule is C=CCCCOC(C(=O)O)c1ccccc1. The van der Waals surface area contributed by atoms with Crippen molar-refractivity contribution < 1.29 is 14.6 Å². The van der Waals surface area contributed by atoms with Gasteiger partial charge in [0, 0.05) is 6.61 Å². The van der Waals surface area contributed by atoms with Crippen molar-refractivity contribution >= 4 is 5.97 Å². The predicted molar refractivity (Wildman–Crippen MR) is 62.2 cm³/mol. The number of carboxylic acid groups (broad SMARTS) is 1. The first-order chi connectivity index (χ1) is 7.75. The lowest BCUT2D eigenvalue weighted by molar-refractivity contribution is -0.151. The number of unbranched alkanes of at least 4 members (excludes halogenated alkanes) is 1. The van der Waals surface area contributed by atoms with Gasteiger partial charge in [0.05, 0.1) is 0 Å². The predicted octanol–water partition coefficient (Wildman–Crippen LogP) is 2.80. The van der Waals surface area contributed by atoms with E-state index in [1.54, 1.807) is 30.3 Å². The van der Waals surface area contributed by atoms with Crippen LogP contribution < -0.4 is 0 Å². The Hall–Kier alpha value is -1.61. The molecule has 0 aliphatic carbocycles. The lowest BCUT2D eigenvalue weighted by Crippen LogP contribution is -2.15. The van der Waals surface area contributed by atoms with Crippen LogP contribution in [0.5, 0.6) is 0 Å². The molecule has 0 bridgehead atoms. The molecule has 0 fully saturated rings. The second-order valence-corrected chi connectivity index (χ2v) is 3.43. The van der Waals surface area contributed by atoms with Crippen molar-refractivity contribution in [1.29, 1.82) is 0 Å². The van der Waals surface area contributed by atoms with E-state index < -0.39 is 12.1 Å². The quantitative estimate of drug-likeness (QED) is 0.567. The fraction of sp³-hybridized carbons (Fsp3) is 0.308. The van der Waals surface area contributed by atoms with Gasteiger partial charge in [-0.2, -0.15) is 0 Å². The lowest BCUT2D eigenvalue weighted by atomic mass is 10.1. The third kappa shape index (κ3) is 3.87.